The van der Waals surface area contributed by atoms with Crippen LogP contribution in [0.5, 0.6) is 5.75 Å². The smallest absolute Gasteiger partial charge is 0.263 e. The van der Waals surface area contributed by atoms with E-state index in [1.807, 2.05) is 42.5 Å². The summed E-state index contributed by atoms with van der Waals surface area (Å²) in [4.78, 5) is 26.0. The molecule has 0 bridgehead atoms. The third kappa shape index (κ3) is 4.65. The number of carbonyl (C=O) groups excluding carboxylic acids is 2. The van der Waals surface area contributed by atoms with E-state index in [-0.39, 0.29) is 17.7 Å². The molecule has 1 fully saturated rings. The molecule has 2 aromatic rings. The average Bonchev–Trinajstić information content (AvgIpc) is 2.74. The lowest BCUT2D eigenvalue weighted by Crippen LogP contribution is -2.47. The predicted molar refractivity (Wildman–Crippen MR) is 104 cm³/mol. The molecular weight excluding hydrogens is 342 g/mol. The second kappa shape index (κ2) is 8.68. The Morgan fingerprint density at radius 3 is 2.22 bits per heavy atom. The van der Waals surface area contributed by atoms with Crippen LogP contribution in [-0.2, 0) is 9.59 Å². The second-order valence-corrected chi connectivity index (χ2v) is 6.76. The maximum absolute atomic E-state index is 12.6. The molecule has 1 atom stereocenters. The van der Waals surface area contributed by atoms with Crippen molar-refractivity contribution < 1.29 is 14.3 Å². The molecule has 1 heterocycles. The number of likely N-dealkylation sites (tertiary alicyclic amines) is 1. The van der Waals surface area contributed by atoms with Crippen LogP contribution in [0.1, 0.15) is 19.8 Å². The number of piperidine rings is 1. The van der Waals surface area contributed by atoms with E-state index >= 15 is 0 Å². The Morgan fingerprint density at radius 2 is 1.63 bits per heavy atom. The minimum absolute atomic E-state index is 0.0613. The van der Waals surface area contributed by atoms with Crippen molar-refractivity contribution in [1.82, 2.24) is 10.3 Å². The maximum Gasteiger partial charge on any atom is 0.263 e. The van der Waals surface area contributed by atoms with Crippen molar-refractivity contribution in [2.75, 3.05) is 13.1 Å². The van der Waals surface area contributed by atoms with E-state index < -0.39 is 6.10 Å². The molecule has 3 N–H and O–H groups in total. The SMILES string of the molecule is CC(Oc1ccc(-c2ccccc2)cc1)C(=O)N1CCC(C(=O)NN)CC1. The van der Waals surface area contributed by atoms with E-state index in [0.717, 1.165) is 11.1 Å². The van der Waals surface area contributed by atoms with Gasteiger partial charge in [0.2, 0.25) is 5.91 Å². The molecule has 0 aromatic heterocycles. The Morgan fingerprint density at radius 1 is 1.04 bits per heavy atom. The van der Waals surface area contributed by atoms with Crippen LogP contribution in [0.3, 0.4) is 0 Å². The van der Waals surface area contributed by atoms with E-state index in [4.69, 9.17) is 10.6 Å². The lowest BCUT2D eigenvalue weighted by molar-refractivity contribution is -0.141. The topological polar surface area (TPSA) is 84.7 Å². The van der Waals surface area contributed by atoms with Crippen molar-refractivity contribution in [3.63, 3.8) is 0 Å². The number of amides is 2. The van der Waals surface area contributed by atoms with E-state index in [1.54, 1.807) is 11.8 Å². The highest BCUT2D eigenvalue weighted by Gasteiger charge is 2.29. The molecule has 6 heteroatoms. The molecule has 1 aliphatic heterocycles. The fraction of sp³-hybridized carbons (Fsp3) is 0.333. The molecule has 6 nitrogen and oxygen atoms in total. The van der Waals surface area contributed by atoms with Gasteiger partial charge in [0, 0.05) is 19.0 Å². The molecule has 3 rings (SSSR count). The highest BCUT2D eigenvalue weighted by Crippen LogP contribution is 2.23. The highest BCUT2D eigenvalue weighted by molar-refractivity contribution is 5.82. The highest BCUT2D eigenvalue weighted by atomic mass is 16.5. The predicted octanol–water partition coefficient (Wildman–Crippen LogP) is 2.35. The fourth-order valence-corrected chi connectivity index (χ4v) is 3.35. The molecule has 0 radical (unpaired) electrons. The zero-order chi connectivity index (χ0) is 19.2. The summed E-state index contributed by atoms with van der Waals surface area (Å²) in [5.41, 5.74) is 4.42. The first-order chi connectivity index (χ1) is 13.1. The number of nitrogens with zero attached hydrogens (tertiary/aromatic N) is 1. The van der Waals surface area contributed by atoms with Crippen molar-refractivity contribution in [3.05, 3.63) is 54.6 Å². The molecule has 0 aliphatic carbocycles. The van der Waals surface area contributed by atoms with E-state index in [0.29, 0.717) is 31.7 Å². The first kappa shape index (κ1) is 18.9. The lowest BCUT2D eigenvalue weighted by Gasteiger charge is -2.32. The minimum Gasteiger partial charge on any atom is -0.481 e. The Balaban J connectivity index is 1.55. The Hall–Kier alpha value is -2.86. The molecule has 1 aliphatic rings. The number of hydrogen-bond acceptors (Lipinski definition) is 4. The summed E-state index contributed by atoms with van der Waals surface area (Å²) in [6, 6.07) is 17.8. The average molecular weight is 367 g/mol. The molecular formula is C21H25N3O3. The molecule has 2 amide bonds. The first-order valence-electron chi connectivity index (χ1n) is 9.20. The van der Waals surface area contributed by atoms with E-state index in [2.05, 4.69) is 17.6 Å². The zero-order valence-corrected chi connectivity index (χ0v) is 15.4. The van der Waals surface area contributed by atoms with Gasteiger partial charge in [-0.3, -0.25) is 15.0 Å². The number of nitrogens with two attached hydrogens (primary N) is 1. The van der Waals surface area contributed by atoms with Gasteiger partial charge in [0.15, 0.2) is 6.10 Å². The number of hydrazine groups is 1. The second-order valence-electron chi connectivity index (χ2n) is 6.76. The van der Waals surface area contributed by atoms with E-state index in [1.165, 1.54) is 0 Å². The monoisotopic (exact) mass is 367 g/mol. The van der Waals surface area contributed by atoms with Crippen LogP contribution < -0.4 is 16.0 Å². The third-order valence-corrected chi connectivity index (χ3v) is 4.94. The van der Waals surface area contributed by atoms with Gasteiger partial charge in [0.25, 0.3) is 5.91 Å². The molecule has 1 unspecified atom stereocenters. The third-order valence-electron chi connectivity index (χ3n) is 4.94. The standard InChI is InChI=1S/C21H25N3O3/c1-15(21(26)24-13-11-18(12-14-24)20(25)23-22)27-19-9-7-17(8-10-19)16-5-3-2-4-6-16/h2-10,15,18H,11-14,22H2,1H3,(H,23,25). The summed E-state index contributed by atoms with van der Waals surface area (Å²) in [6.45, 7) is 2.83. The van der Waals surface area contributed by atoms with Crippen LogP contribution in [0.2, 0.25) is 0 Å². The summed E-state index contributed by atoms with van der Waals surface area (Å²) >= 11 is 0. The van der Waals surface area contributed by atoms with Gasteiger partial charge < -0.3 is 9.64 Å². The largest absolute Gasteiger partial charge is 0.481 e. The number of nitrogens with one attached hydrogen (secondary N) is 1. The minimum atomic E-state index is -0.576. The van der Waals surface area contributed by atoms with Gasteiger partial charge in [-0.2, -0.15) is 0 Å². The van der Waals surface area contributed by atoms with Crippen LogP contribution in [-0.4, -0.2) is 35.9 Å². The lowest BCUT2D eigenvalue weighted by atomic mass is 9.96. The Kier molecular flexibility index (Phi) is 6.08. The molecule has 1 saturated heterocycles. The quantitative estimate of drug-likeness (QED) is 0.483. The summed E-state index contributed by atoms with van der Waals surface area (Å²) in [7, 11) is 0. The van der Waals surface area contributed by atoms with Gasteiger partial charge in [-0.1, -0.05) is 42.5 Å². The van der Waals surface area contributed by atoms with Crippen molar-refractivity contribution in [2.24, 2.45) is 11.8 Å². The fourth-order valence-electron chi connectivity index (χ4n) is 3.35. The number of carbonyl (C=O) groups is 2. The number of benzene rings is 2. The van der Waals surface area contributed by atoms with Gasteiger partial charge in [-0.25, -0.2) is 5.84 Å². The van der Waals surface area contributed by atoms with E-state index in [9.17, 15) is 9.59 Å². The van der Waals surface area contributed by atoms with Crippen molar-refractivity contribution in [1.29, 1.82) is 0 Å². The first-order valence-corrected chi connectivity index (χ1v) is 9.20. The number of hydrogen-bond donors (Lipinski definition) is 2. The molecule has 0 saturated carbocycles. The van der Waals surface area contributed by atoms with Gasteiger partial charge in [-0.05, 0) is 43.0 Å². The Bertz CT molecular complexity index is 769. The number of ether oxygens (including phenoxy) is 1. The van der Waals surface area contributed by atoms with Crippen LogP contribution in [0.25, 0.3) is 11.1 Å². The molecule has 2 aromatic carbocycles. The van der Waals surface area contributed by atoms with Crippen molar-refractivity contribution in [2.45, 2.75) is 25.9 Å². The molecule has 0 spiro atoms. The van der Waals surface area contributed by atoms with Crippen molar-refractivity contribution in [3.8, 4) is 16.9 Å². The normalized spacial score (nSPS) is 15.9. The van der Waals surface area contributed by atoms with Gasteiger partial charge in [0.1, 0.15) is 5.75 Å². The molecule has 142 valence electrons. The van der Waals surface area contributed by atoms with Crippen LogP contribution in [0.4, 0.5) is 0 Å². The number of rotatable bonds is 5. The summed E-state index contributed by atoms with van der Waals surface area (Å²) < 4.78 is 5.83. The summed E-state index contributed by atoms with van der Waals surface area (Å²) in [5.74, 6) is 5.49. The zero-order valence-electron chi connectivity index (χ0n) is 15.4. The van der Waals surface area contributed by atoms with Gasteiger partial charge in [0.05, 0.1) is 0 Å². The van der Waals surface area contributed by atoms with Gasteiger partial charge >= 0.3 is 0 Å². The molecule has 27 heavy (non-hydrogen) atoms. The van der Waals surface area contributed by atoms with Crippen LogP contribution in [0, 0.1) is 5.92 Å². The van der Waals surface area contributed by atoms with Crippen molar-refractivity contribution >= 4 is 11.8 Å². The Labute approximate surface area is 159 Å². The van der Waals surface area contributed by atoms with Crippen LogP contribution in [0.15, 0.2) is 54.6 Å². The summed E-state index contributed by atoms with van der Waals surface area (Å²) in [6.07, 6.45) is 0.660. The van der Waals surface area contributed by atoms with Gasteiger partial charge in [-0.15, -0.1) is 0 Å². The summed E-state index contributed by atoms with van der Waals surface area (Å²) in [5, 5.41) is 0. The van der Waals surface area contributed by atoms with Crippen LogP contribution >= 0.6 is 0 Å². The maximum atomic E-state index is 12.6.